The fourth-order valence-corrected chi connectivity index (χ4v) is 8.30. The van der Waals surface area contributed by atoms with Crippen LogP contribution in [0, 0.1) is 0 Å². The second-order valence-electron chi connectivity index (χ2n) is 10.5. The van der Waals surface area contributed by atoms with E-state index in [1.165, 1.54) is 131 Å². The van der Waals surface area contributed by atoms with E-state index in [9.17, 15) is 0 Å². The van der Waals surface area contributed by atoms with Gasteiger partial charge in [0.15, 0.2) is 0 Å². The van der Waals surface area contributed by atoms with Crippen LogP contribution in [-0.4, -0.2) is 31.9 Å². The lowest BCUT2D eigenvalue weighted by atomic mass is 9.89. The third-order valence-electron chi connectivity index (χ3n) is 8.25. The molecule has 4 aromatic rings. The summed E-state index contributed by atoms with van der Waals surface area (Å²) in [6.07, 6.45) is 11.6. The lowest BCUT2D eigenvalue weighted by Crippen LogP contribution is -2.29. The summed E-state index contributed by atoms with van der Waals surface area (Å²) in [6.45, 7) is 4.73. The number of hydrogen-bond donors (Lipinski definition) is 0. The number of piperidine rings is 2. The van der Waals surface area contributed by atoms with E-state index in [-0.39, 0.29) is 0 Å². The zero-order valence-corrected chi connectivity index (χ0v) is 22.6. The predicted molar refractivity (Wildman–Crippen MR) is 162 cm³/mol. The van der Waals surface area contributed by atoms with Crippen LogP contribution in [0.5, 0.6) is 0 Å². The van der Waals surface area contributed by atoms with Gasteiger partial charge in [0.05, 0.1) is 0 Å². The minimum atomic E-state index is 1.17. The molecule has 3 aliphatic rings. The first kappa shape index (κ1) is 22.7. The quantitative estimate of drug-likeness (QED) is 0.253. The van der Waals surface area contributed by atoms with Gasteiger partial charge >= 0.3 is 0 Å². The molecule has 0 bridgehead atoms. The number of fused-ring (bicyclic) bond motifs is 2. The second kappa shape index (κ2) is 9.79. The Bertz CT molecular complexity index is 1420. The fraction of sp³-hybridized carbons (Fsp3) is 0.375. The van der Waals surface area contributed by atoms with Gasteiger partial charge in [0.2, 0.25) is 0 Å². The SMILES string of the molecule is C1=C(c2c3cc(N4CCCCC4)ccc3c(-c3cccs3)c3cc(N4CCCCC4)ccc23)SCC1. The molecule has 4 heteroatoms. The molecule has 0 N–H and O–H groups in total. The predicted octanol–water partition coefficient (Wildman–Crippen LogP) is 9.18. The maximum absolute atomic E-state index is 2.61. The van der Waals surface area contributed by atoms with Gasteiger partial charge < -0.3 is 9.80 Å². The van der Waals surface area contributed by atoms with Crippen LogP contribution in [0.3, 0.4) is 0 Å². The summed E-state index contributed by atoms with van der Waals surface area (Å²) >= 11 is 3.92. The van der Waals surface area contributed by atoms with E-state index < -0.39 is 0 Å². The number of benzene rings is 3. The van der Waals surface area contributed by atoms with Gasteiger partial charge in [-0.1, -0.05) is 24.3 Å². The van der Waals surface area contributed by atoms with E-state index in [1.807, 2.05) is 23.1 Å². The monoisotopic (exact) mass is 510 g/mol. The number of allylic oxidation sites excluding steroid dienone is 1. The molecule has 36 heavy (non-hydrogen) atoms. The maximum Gasteiger partial charge on any atom is 0.0372 e. The lowest BCUT2D eigenvalue weighted by molar-refractivity contribution is 0.578. The summed E-state index contributed by atoms with van der Waals surface area (Å²) in [4.78, 5) is 8.07. The number of thioether (sulfide) groups is 1. The molecule has 3 aromatic carbocycles. The molecule has 2 nitrogen and oxygen atoms in total. The van der Waals surface area contributed by atoms with Gasteiger partial charge in [0.1, 0.15) is 0 Å². The minimum absolute atomic E-state index is 1.17. The molecule has 0 radical (unpaired) electrons. The first-order chi connectivity index (χ1) is 17.9. The van der Waals surface area contributed by atoms with E-state index in [4.69, 9.17) is 0 Å². The van der Waals surface area contributed by atoms with Crippen molar-refractivity contribution in [1.29, 1.82) is 0 Å². The summed E-state index contributed by atoms with van der Waals surface area (Å²) in [7, 11) is 0. The van der Waals surface area contributed by atoms with Crippen LogP contribution >= 0.6 is 23.1 Å². The molecule has 2 saturated heterocycles. The normalized spacial score (nSPS) is 18.8. The van der Waals surface area contributed by atoms with E-state index in [0.29, 0.717) is 0 Å². The van der Waals surface area contributed by atoms with E-state index >= 15 is 0 Å². The highest BCUT2D eigenvalue weighted by molar-refractivity contribution is 8.08. The first-order valence-corrected chi connectivity index (χ1v) is 15.6. The molecule has 0 amide bonds. The minimum Gasteiger partial charge on any atom is -0.372 e. The zero-order valence-electron chi connectivity index (χ0n) is 21.0. The lowest BCUT2D eigenvalue weighted by Gasteiger charge is -2.30. The molecule has 3 aliphatic heterocycles. The van der Waals surface area contributed by atoms with Crippen LogP contribution in [-0.2, 0) is 0 Å². The van der Waals surface area contributed by atoms with E-state index in [1.54, 1.807) is 0 Å². The third kappa shape index (κ3) is 4.03. The number of hydrogen-bond acceptors (Lipinski definition) is 4. The largest absolute Gasteiger partial charge is 0.372 e. The van der Waals surface area contributed by atoms with Crippen LogP contribution in [0.2, 0.25) is 0 Å². The van der Waals surface area contributed by atoms with Gasteiger partial charge in [-0.25, -0.2) is 0 Å². The average molecular weight is 511 g/mol. The molecule has 184 valence electrons. The summed E-state index contributed by atoms with van der Waals surface area (Å²) in [6, 6.07) is 19.2. The van der Waals surface area contributed by atoms with E-state index in [2.05, 4.69) is 69.8 Å². The molecule has 0 unspecified atom stereocenters. The van der Waals surface area contributed by atoms with Crippen LogP contribution in [0.25, 0.3) is 36.9 Å². The molecular formula is C32H34N2S2. The van der Waals surface area contributed by atoms with Crippen molar-refractivity contribution >= 4 is 60.9 Å². The Balaban J connectivity index is 1.52. The highest BCUT2D eigenvalue weighted by atomic mass is 32.2. The summed E-state index contributed by atoms with van der Waals surface area (Å²) in [5.41, 5.74) is 5.68. The van der Waals surface area contributed by atoms with Crippen molar-refractivity contribution in [2.24, 2.45) is 0 Å². The van der Waals surface area contributed by atoms with Crippen LogP contribution in [0.4, 0.5) is 11.4 Å². The van der Waals surface area contributed by atoms with Crippen LogP contribution < -0.4 is 9.80 Å². The number of anilines is 2. The smallest absolute Gasteiger partial charge is 0.0372 e. The highest BCUT2D eigenvalue weighted by Gasteiger charge is 2.23. The second-order valence-corrected chi connectivity index (χ2v) is 12.6. The Morgan fingerprint density at radius 2 is 1.22 bits per heavy atom. The molecular weight excluding hydrogens is 477 g/mol. The van der Waals surface area contributed by atoms with Crippen LogP contribution in [0.1, 0.15) is 50.5 Å². The Morgan fingerprint density at radius 1 is 0.611 bits per heavy atom. The molecule has 2 fully saturated rings. The van der Waals surface area contributed by atoms with Crippen molar-refractivity contribution in [1.82, 2.24) is 0 Å². The van der Waals surface area contributed by atoms with Crippen molar-refractivity contribution in [3.63, 3.8) is 0 Å². The van der Waals surface area contributed by atoms with Crippen molar-refractivity contribution in [2.75, 3.05) is 41.7 Å². The van der Waals surface area contributed by atoms with Gasteiger partial charge in [-0.3, -0.25) is 0 Å². The van der Waals surface area contributed by atoms with Gasteiger partial charge in [-0.2, -0.15) is 0 Å². The van der Waals surface area contributed by atoms with Crippen molar-refractivity contribution in [3.05, 3.63) is 65.6 Å². The van der Waals surface area contributed by atoms with Crippen molar-refractivity contribution < 1.29 is 0 Å². The number of rotatable bonds is 4. The maximum atomic E-state index is 2.61. The number of thiophene rings is 1. The Kier molecular flexibility index (Phi) is 6.19. The third-order valence-corrected chi connectivity index (χ3v) is 10.3. The van der Waals surface area contributed by atoms with Crippen molar-refractivity contribution in [3.8, 4) is 10.4 Å². The van der Waals surface area contributed by atoms with Gasteiger partial charge in [0.25, 0.3) is 0 Å². The molecule has 0 atom stereocenters. The number of nitrogens with zero attached hydrogens (tertiary/aromatic N) is 2. The summed E-state index contributed by atoms with van der Waals surface area (Å²) in [5, 5.41) is 7.91. The van der Waals surface area contributed by atoms with Gasteiger partial charge in [0, 0.05) is 64.2 Å². The van der Waals surface area contributed by atoms with Gasteiger partial charge in [-0.05, 0) is 102 Å². The Labute approximate surface area is 223 Å². The van der Waals surface area contributed by atoms with Crippen LogP contribution in [0.15, 0.2) is 60.0 Å². The highest BCUT2D eigenvalue weighted by Crippen LogP contribution is 2.48. The van der Waals surface area contributed by atoms with Gasteiger partial charge in [-0.15, -0.1) is 23.1 Å². The standard InChI is InChI=1S/C32H34N2S2/c1-3-15-33(16-4-1)23-11-13-25-27(21-23)31(29-9-7-19-35-29)26-14-12-24(34-17-5-2-6-18-34)22-28(26)32(25)30-10-8-20-36-30/h7,9-14,19,21-22H,1-6,8,15-18,20H2. The van der Waals surface area contributed by atoms with Crippen molar-refractivity contribution in [2.45, 2.75) is 44.9 Å². The molecule has 0 spiro atoms. The molecule has 1 aromatic heterocycles. The molecule has 7 rings (SSSR count). The zero-order chi connectivity index (χ0) is 23.9. The topological polar surface area (TPSA) is 6.48 Å². The molecule has 0 aliphatic carbocycles. The molecule has 0 saturated carbocycles. The summed E-state index contributed by atoms with van der Waals surface area (Å²) < 4.78 is 0. The Morgan fingerprint density at radius 3 is 1.78 bits per heavy atom. The molecule has 4 heterocycles. The fourth-order valence-electron chi connectivity index (χ4n) is 6.45. The summed E-state index contributed by atoms with van der Waals surface area (Å²) in [5.74, 6) is 1.20. The first-order valence-electron chi connectivity index (χ1n) is 13.8. The van der Waals surface area contributed by atoms with E-state index in [0.717, 1.165) is 0 Å². The Hall–Kier alpha value is -2.43. The average Bonchev–Trinajstić information content (AvgIpc) is 3.67.